The minimum Gasteiger partial charge on any atom is -0.399 e. The molecule has 1 fully saturated rings. The minimum absolute atomic E-state index is 0.0816. The molecule has 1 aliphatic heterocycles. The summed E-state index contributed by atoms with van der Waals surface area (Å²) in [5, 5.41) is 0.435. The molecule has 1 unspecified atom stereocenters. The summed E-state index contributed by atoms with van der Waals surface area (Å²) in [5.74, 6) is -0.0816. The van der Waals surface area contributed by atoms with Crippen LogP contribution in [0.4, 0.5) is 5.69 Å². The van der Waals surface area contributed by atoms with Crippen molar-refractivity contribution in [3.63, 3.8) is 0 Å². The van der Waals surface area contributed by atoms with E-state index in [1.54, 1.807) is 30.2 Å². The molecule has 1 aromatic rings. The maximum atomic E-state index is 12.2. The predicted octanol–water partition coefficient (Wildman–Crippen LogP) is 1.78. The molecule has 0 spiro atoms. The second kappa shape index (κ2) is 4.94. The van der Waals surface area contributed by atoms with Crippen LogP contribution in [-0.2, 0) is 4.74 Å². The van der Waals surface area contributed by atoms with Gasteiger partial charge < -0.3 is 15.4 Å². The molecule has 1 amide bonds. The normalized spacial score (nSPS) is 19.6. The zero-order valence-electron chi connectivity index (χ0n) is 9.65. The van der Waals surface area contributed by atoms with Gasteiger partial charge in [0.25, 0.3) is 5.91 Å². The first kappa shape index (κ1) is 12.2. The first-order valence-corrected chi connectivity index (χ1v) is 5.86. The fourth-order valence-electron chi connectivity index (χ4n) is 1.98. The second-order valence-electron chi connectivity index (χ2n) is 4.14. The van der Waals surface area contributed by atoms with Crippen molar-refractivity contribution in [1.82, 2.24) is 4.90 Å². The van der Waals surface area contributed by atoms with E-state index in [1.165, 1.54) is 0 Å². The molecule has 0 aliphatic carbocycles. The van der Waals surface area contributed by atoms with Crippen molar-refractivity contribution in [2.24, 2.45) is 0 Å². The molecular formula is C12H15ClN2O2. The van der Waals surface area contributed by atoms with Gasteiger partial charge in [0.1, 0.15) is 0 Å². The summed E-state index contributed by atoms with van der Waals surface area (Å²) in [5.41, 5.74) is 6.67. The molecule has 2 rings (SSSR count). The number of halogens is 1. The Labute approximate surface area is 105 Å². The summed E-state index contributed by atoms with van der Waals surface area (Å²) in [4.78, 5) is 14.0. The van der Waals surface area contributed by atoms with Crippen molar-refractivity contribution < 1.29 is 9.53 Å². The third-order valence-electron chi connectivity index (χ3n) is 2.99. The molecule has 0 aromatic heterocycles. The first-order chi connectivity index (χ1) is 8.11. The van der Waals surface area contributed by atoms with Crippen molar-refractivity contribution in [1.29, 1.82) is 0 Å². The largest absolute Gasteiger partial charge is 0.399 e. The van der Waals surface area contributed by atoms with E-state index in [2.05, 4.69) is 0 Å². The van der Waals surface area contributed by atoms with Crippen molar-refractivity contribution >= 4 is 23.2 Å². The molecular weight excluding hydrogens is 240 g/mol. The molecule has 1 aromatic carbocycles. The van der Waals surface area contributed by atoms with Crippen LogP contribution in [0.3, 0.4) is 0 Å². The molecule has 4 nitrogen and oxygen atoms in total. The molecule has 92 valence electrons. The fraction of sp³-hybridized carbons (Fsp3) is 0.417. The summed E-state index contributed by atoms with van der Waals surface area (Å²) < 4.78 is 5.23. The number of methoxy groups -OCH3 is 1. The number of nitrogens with zero attached hydrogens (tertiary/aromatic N) is 1. The number of nitrogens with two attached hydrogens (primary N) is 1. The van der Waals surface area contributed by atoms with E-state index >= 15 is 0 Å². The highest BCUT2D eigenvalue weighted by molar-refractivity contribution is 6.34. The number of benzene rings is 1. The lowest BCUT2D eigenvalue weighted by molar-refractivity contribution is 0.0724. The van der Waals surface area contributed by atoms with E-state index in [1.807, 2.05) is 0 Å². The summed E-state index contributed by atoms with van der Waals surface area (Å²) in [6.07, 6.45) is 0.987. The van der Waals surface area contributed by atoms with Gasteiger partial charge in [0, 0.05) is 25.9 Å². The first-order valence-electron chi connectivity index (χ1n) is 5.49. The molecule has 0 bridgehead atoms. The molecule has 2 N–H and O–H groups in total. The number of carbonyl (C=O) groups is 1. The zero-order valence-corrected chi connectivity index (χ0v) is 10.4. The highest BCUT2D eigenvalue weighted by Crippen LogP contribution is 2.23. The Morgan fingerprint density at radius 3 is 3.00 bits per heavy atom. The van der Waals surface area contributed by atoms with Crippen LogP contribution in [0.2, 0.25) is 5.02 Å². The predicted molar refractivity (Wildman–Crippen MR) is 67.2 cm³/mol. The Hall–Kier alpha value is -1.26. The molecule has 1 aliphatic rings. The van der Waals surface area contributed by atoms with Gasteiger partial charge in [-0.1, -0.05) is 11.6 Å². The SMILES string of the molecule is COC1CCN(C(=O)c2cc(N)ccc2Cl)C1. The van der Waals surface area contributed by atoms with E-state index in [-0.39, 0.29) is 12.0 Å². The molecule has 17 heavy (non-hydrogen) atoms. The quantitative estimate of drug-likeness (QED) is 0.819. The van der Waals surface area contributed by atoms with E-state index < -0.39 is 0 Å². The van der Waals surface area contributed by atoms with Crippen LogP contribution < -0.4 is 5.73 Å². The summed E-state index contributed by atoms with van der Waals surface area (Å²) in [6, 6.07) is 4.94. The third kappa shape index (κ3) is 2.53. The fourth-order valence-corrected chi connectivity index (χ4v) is 2.18. The van der Waals surface area contributed by atoms with Crippen LogP contribution in [0, 0.1) is 0 Å². The number of hydrogen-bond donors (Lipinski definition) is 1. The van der Waals surface area contributed by atoms with Crippen LogP contribution in [0.1, 0.15) is 16.8 Å². The van der Waals surface area contributed by atoms with Gasteiger partial charge in [-0.05, 0) is 24.6 Å². The Morgan fingerprint density at radius 2 is 2.35 bits per heavy atom. The van der Waals surface area contributed by atoms with E-state index in [0.29, 0.717) is 29.4 Å². The second-order valence-corrected chi connectivity index (χ2v) is 4.54. The van der Waals surface area contributed by atoms with E-state index in [9.17, 15) is 4.79 Å². The average Bonchev–Trinajstić information content (AvgIpc) is 2.80. The highest BCUT2D eigenvalue weighted by atomic mass is 35.5. The average molecular weight is 255 g/mol. The monoisotopic (exact) mass is 254 g/mol. The van der Waals surface area contributed by atoms with Crippen molar-refractivity contribution in [2.75, 3.05) is 25.9 Å². The van der Waals surface area contributed by atoms with Gasteiger partial charge in [-0.25, -0.2) is 0 Å². The van der Waals surface area contributed by atoms with E-state index in [4.69, 9.17) is 22.1 Å². The van der Waals surface area contributed by atoms with Crippen LogP contribution in [0.15, 0.2) is 18.2 Å². The number of likely N-dealkylation sites (tertiary alicyclic amines) is 1. The highest BCUT2D eigenvalue weighted by Gasteiger charge is 2.27. The number of rotatable bonds is 2. The van der Waals surface area contributed by atoms with Crippen molar-refractivity contribution in [3.05, 3.63) is 28.8 Å². The number of carbonyl (C=O) groups excluding carboxylic acids is 1. The Bertz CT molecular complexity index is 437. The van der Waals surface area contributed by atoms with Gasteiger partial charge >= 0.3 is 0 Å². The van der Waals surface area contributed by atoms with Crippen molar-refractivity contribution in [2.45, 2.75) is 12.5 Å². The molecule has 0 radical (unpaired) electrons. The third-order valence-corrected chi connectivity index (χ3v) is 3.32. The van der Waals surface area contributed by atoms with Gasteiger partial charge in [0.05, 0.1) is 16.7 Å². The summed E-state index contributed by atoms with van der Waals surface area (Å²) >= 11 is 6.01. The van der Waals surface area contributed by atoms with Crippen LogP contribution >= 0.6 is 11.6 Å². The Morgan fingerprint density at radius 1 is 1.59 bits per heavy atom. The standard InChI is InChI=1S/C12H15ClN2O2/c1-17-9-4-5-15(7-9)12(16)10-6-8(14)2-3-11(10)13/h2-3,6,9H,4-5,7,14H2,1H3. The Balaban J connectivity index is 2.17. The maximum Gasteiger partial charge on any atom is 0.255 e. The number of ether oxygens (including phenoxy) is 1. The van der Waals surface area contributed by atoms with Crippen LogP contribution in [0.25, 0.3) is 0 Å². The maximum absolute atomic E-state index is 12.2. The van der Waals surface area contributed by atoms with Gasteiger partial charge in [-0.3, -0.25) is 4.79 Å². The topological polar surface area (TPSA) is 55.6 Å². The molecule has 5 heteroatoms. The summed E-state index contributed by atoms with van der Waals surface area (Å²) in [6.45, 7) is 1.31. The van der Waals surface area contributed by atoms with Crippen LogP contribution in [0.5, 0.6) is 0 Å². The lowest BCUT2D eigenvalue weighted by Crippen LogP contribution is -2.30. The lowest BCUT2D eigenvalue weighted by Gasteiger charge is -2.17. The van der Waals surface area contributed by atoms with Gasteiger partial charge in [-0.15, -0.1) is 0 Å². The number of hydrogen-bond acceptors (Lipinski definition) is 3. The molecule has 0 saturated carbocycles. The number of anilines is 1. The molecule has 1 atom stereocenters. The minimum atomic E-state index is -0.0816. The number of nitrogen functional groups attached to an aromatic ring is 1. The van der Waals surface area contributed by atoms with Gasteiger partial charge in [0.15, 0.2) is 0 Å². The van der Waals surface area contributed by atoms with Crippen molar-refractivity contribution in [3.8, 4) is 0 Å². The molecule has 1 saturated heterocycles. The smallest absolute Gasteiger partial charge is 0.255 e. The zero-order chi connectivity index (χ0) is 12.4. The van der Waals surface area contributed by atoms with E-state index in [0.717, 1.165) is 6.42 Å². The molecule has 1 heterocycles. The Kier molecular flexibility index (Phi) is 3.54. The summed E-state index contributed by atoms with van der Waals surface area (Å²) in [7, 11) is 1.66. The van der Waals surface area contributed by atoms with Crippen LogP contribution in [-0.4, -0.2) is 37.1 Å². The van der Waals surface area contributed by atoms with Gasteiger partial charge in [0.2, 0.25) is 0 Å². The number of amides is 1. The van der Waals surface area contributed by atoms with Gasteiger partial charge in [-0.2, -0.15) is 0 Å². The lowest BCUT2D eigenvalue weighted by atomic mass is 10.2.